The molecule has 4 heterocycles. The zero-order valence-corrected chi connectivity index (χ0v) is 14.7. The van der Waals surface area contributed by atoms with E-state index in [0.717, 1.165) is 27.9 Å². The van der Waals surface area contributed by atoms with E-state index in [9.17, 15) is 0 Å². The molecule has 25 heavy (non-hydrogen) atoms. The molecule has 1 N–H and O–H groups in total. The first-order valence-electron chi connectivity index (χ1n) is 8.01. The Balaban J connectivity index is 1.57. The van der Waals surface area contributed by atoms with Crippen molar-refractivity contribution in [3.63, 3.8) is 0 Å². The molecule has 0 aliphatic heterocycles. The number of nitrogens with zero attached hydrogens (tertiary/aromatic N) is 6. The van der Waals surface area contributed by atoms with Crippen molar-refractivity contribution in [2.45, 2.75) is 26.3 Å². The Labute approximate surface area is 148 Å². The van der Waals surface area contributed by atoms with Gasteiger partial charge in [-0.05, 0) is 12.0 Å². The predicted molar refractivity (Wildman–Crippen MR) is 97.5 cm³/mol. The quantitative estimate of drug-likeness (QED) is 0.594. The molecule has 4 rings (SSSR count). The number of nitrogens with one attached hydrogen (secondary N) is 1. The van der Waals surface area contributed by atoms with Gasteiger partial charge in [0, 0.05) is 35.6 Å². The molecule has 0 unspecified atom stereocenters. The van der Waals surface area contributed by atoms with E-state index in [1.165, 1.54) is 0 Å². The van der Waals surface area contributed by atoms with Gasteiger partial charge < -0.3 is 5.32 Å². The Morgan fingerprint density at radius 2 is 2.00 bits per heavy atom. The first-order chi connectivity index (χ1) is 12.2. The van der Waals surface area contributed by atoms with Crippen molar-refractivity contribution < 1.29 is 0 Å². The highest BCUT2D eigenvalue weighted by atomic mass is 32.1. The predicted octanol–water partition coefficient (Wildman–Crippen LogP) is 3.38. The molecule has 0 aromatic carbocycles. The van der Waals surface area contributed by atoms with Crippen LogP contribution in [0.4, 0.5) is 5.82 Å². The van der Waals surface area contributed by atoms with E-state index in [1.807, 2.05) is 17.5 Å². The summed E-state index contributed by atoms with van der Waals surface area (Å²) in [5.74, 6) is 1.91. The smallest absolute Gasteiger partial charge is 0.188 e. The van der Waals surface area contributed by atoms with Crippen LogP contribution in [0.1, 0.15) is 31.2 Å². The largest absolute Gasteiger partial charge is 0.364 e. The lowest BCUT2D eigenvalue weighted by molar-refractivity contribution is 0.808. The van der Waals surface area contributed by atoms with Crippen molar-refractivity contribution in [3.05, 3.63) is 53.6 Å². The molecule has 0 fully saturated rings. The Morgan fingerprint density at radius 3 is 2.80 bits per heavy atom. The Hall–Kier alpha value is -2.87. The summed E-state index contributed by atoms with van der Waals surface area (Å²) >= 11 is 1.54. The standard InChI is InChI=1S/C17H17N7S/c1-11(2)13-8-15(24-14(23-13)4-7-21-24)20-9-12-10-25-17(22-12)16-18-5-3-6-19-16/h3-8,10-11,20H,9H2,1-2H3. The van der Waals surface area contributed by atoms with E-state index in [2.05, 4.69) is 44.2 Å². The molecule has 0 amide bonds. The molecule has 4 aromatic heterocycles. The third-order valence-electron chi connectivity index (χ3n) is 3.73. The Kier molecular flexibility index (Phi) is 4.10. The van der Waals surface area contributed by atoms with Gasteiger partial charge in [-0.15, -0.1) is 11.3 Å². The van der Waals surface area contributed by atoms with Gasteiger partial charge in [0.05, 0.1) is 18.4 Å². The van der Waals surface area contributed by atoms with Crippen molar-refractivity contribution in [1.82, 2.24) is 29.5 Å². The van der Waals surface area contributed by atoms with E-state index in [0.29, 0.717) is 18.3 Å². The topological polar surface area (TPSA) is 80.9 Å². The van der Waals surface area contributed by atoms with Crippen LogP contribution in [-0.4, -0.2) is 29.5 Å². The van der Waals surface area contributed by atoms with E-state index < -0.39 is 0 Å². The maximum Gasteiger partial charge on any atom is 0.188 e. The minimum absolute atomic E-state index is 0.349. The second kappa shape index (κ2) is 6.56. The molecule has 0 spiro atoms. The fraction of sp³-hybridized carbons (Fsp3) is 0.235. The molecule has 0 saturated heterocycles. The molecule has 0 radical (unpaired) electrons. The minimum atomic E-state index is 0.349. The molecular weight excluding hydrogens is 334 g/mol. The summed E-state index contributed by atoms with van der Waals surface area (Å²) in [7, 11) is 0. The fourth-order valence-corrected chi connectivity index (χ4v) is 3.20. The first kappa shape index (κ1) is 15.6. The SMILES string of the molecule is CC(C)c1cc(NCc2csc(-c3ncccn3)n2)n2nccc2n1. The second-order valence-corrected chi connectivity index (χ2v) is 6.75. The molecule has 7 nitrogen and oxygen atoms in total. The molecule has 0 aliphatic rings. The number of anilines is 1. The molecule has 8 heteroatoms. The van der Waals surface area contributed by atoms with Gasteiger partial charge in [-0.2, -0.15) is 9.61 Å². The van der Waals surface area contributed by atoms with E-state index in [4.69, 9.17) is 0 Å². The highest BCUT2D eigenvalue weighted by Crippen LogP contribution is 2.22. The summed E-state index contributed by atoms with van der Waals surface area (Å²) < 4.78 is 1.81. The van der Waals surface area contributed by atoms with Crippen molar-refractivity contribution in [2.24, 2.45) is 0 Å². The van der Waals surface area contributed by atoms with E-state index in [-0.39, 0.29) is 0 Å². The number of rotatable bonds is 5. The molecular formula is C17H17N7S. The van der Waals surface area contributed by atoms with Crippen LogP contribution in [0.5, 0.6) is 0 Å². The Morgan fingerprint density at radius 1 is 1.16 bits per heavy atom. The normalized spacial score (nSPS) is 11.3. The van der Waals surface area contributed by atoms with Crippen LogP contribution in [0.25, 0.3) is 16.5 Å². The molecule has 0 atom stereocenters. The summed E-state index contributed by atoms with van der Waals surface area (Å²) in [6.45, 7) is 4.86. The van der Waals surface area contributed by atoms with Crippen molar-refractivity contribution in [1.29, 1.82) is 0 Å². The highest BCUT2D eigenvalue weighted by molar-refractivity contribution is 7.13. The van der Waals surface area contributed by atoms with Gasteiger partial charge in [0.1, 0.15) is 5.82 Å². The number of fused-ring (bicyclic) bond motifs is 1. The summed E-state index contributed by atoms with van der Waals surface area (Å²) in [5, 5.41) is 10.6. The van der Waals surface area contributed by atoms with Gasteiger partial charge >= 0.3 is 0 Å². The van der Waals surface area contributed by atoms with Crippen LogP contribution in [0, 0.1) is 0 Å². The van der Waals surface area contributed by atoms with Crippen LogP contribution >= 0.6 is 11.3 Å². The zero-order valence-electron chi connectivity index (χ0n) is 13.9. The lowest BCUT2D eigenvalue weighted by atomic mass is 10.1. The van der Waals surface area contributed by atoms with Gasteiger partial charge in [0.25, 0.3) is 0 Å². The van der Waals surface area contributed by atoms with E-state index in [1.54, 1.807) is 40.5 Å². The van der Waals surface area contributed by atoms with E-state index >= 15 is 0 Å². The third kappa shape index (κ3) is 3.20. The highest BCUT2D eigenvalue weighted by Gasteiger charge is 2.11. The minimum Gasteiger partial charge on any atom is -0.364 e. The van der Waals surface area contributed by atoms with Gasteiger partial charge in [-0.25, -0.2) is 19.9 Å². The zero-order chi connectivity index (χ0) is 17.2. The van der Waals surface area contributed by atoms with Gasteiger partial charge in [0.2, 0.25) is 0 Å². The van der Waals surface area contributed by atoms with Gasteiger partial charge in [0.15, 0.2) is 16.5 Å². The summed E-state index contributed by atoms with van der Waals surface area (Å²) in [6.07, 6.45) is 5.20. The molecule has 0 bridgehead atoms. The average molecular weight is 351 g/mol. The summed E-state index contributed by atoms with van der Waals surface area (Å²) in [4.78, 5) is 17.7. The molecule has 4 aromatic rings. The van der Waals surface area contributed by atoms with Crippen molar-refractivity contribution in [3.8, 4) is 10.8 Å². The van der Waals surface area contributed by atoms with Crippen LogP contribution in [0.2, 0.25) is 0 Å². The van der Waals surface area contributed by atoms with Crippen LogP contribution < -0.4 is 5.32 Å². The molecule has 126 valence electrons. The number of hydrogen-bond donors (Lipinski definition) is 1. The van der Waals surface area contributed by atoms with Crippen LogP contribution in [-0.2, 0) is 6.54 Å². The summed E-state index contributed by atoms with van der Waals surface area (Å²) in [5.41, 5.74) is 2.81. The van der Waals surface area contributed by atoms with Crippen LogP contribution in [0.3, 0.4) is 0 Å². The van der Waals surface area contributed by atoms with Gasteiger partial charge in [-0.3, -0.25) is 0 Å². The number of thiazole rings is 1. The lowest BCUT2D eigenvalue weighted by Gasteiger charge is -2.11. The fourth-order valence-electron chi connectivity index (χ4n) is 2.44. The number of hydrogen-bond acceptors (Lipinski definition) is 7. The van der Waals surface area contributed by atoms with Gasteiger partial charge in [-0.1, -0.05) is 13.8 Å². The van der Waals surface area contributed by atoms with Crippen molar-refractivity contribution in [2.75, 3.05) is 5.32 Å². The maximum atomic E-state index is 4.62. The Bertz CT molecular complexity index is 991. The monoisotopic (exact) mass is 351 g/mol. The number of aromatic nitrogens is 6. The maximum absolute atomic E-state index is 4.62. The third-order valence-corrected chi connectivity index (χ3v) is 4.62. The average Bonchev–Trinajstić information content (AvgIpc) is 3.29. The van der Waals surface area contributed by atoms with Crippen LogP contribution in [0.15, 0.2) is 42.2 Å². The molecule has 0 aliphatic carbocycles. The summed E-state index contributed by atoms with van der Waals surface area (Å²) in [6, 6.07) is 5.74. The van der Waals surface area contributed by atoms with Crippen molar-refractivity contribution >= 4 is 22.8 Å². The first-order valence-corrected chi connectivity index (χ1v) is 8.89. The second-order valence-electron chi connectivity index (χ2n) is 5.89. The molecule has 0 saturated carbocycles. The lowest BCUT2D eigenvalue weighted by Crippen LogP contribution is -2.08.